The summed E-state index contributed by atoms with van der Waals surface area (Å²) in [4.78, 5) is 29.1. The zero-order valence-corrected chi connectivity index (χ0v) is 27.8. The maximum atomic E-state index is 12.9. The smallest absolute Gasteiger partial charge is 0.309 e. The highest BCUT2D eigenvalue weighted by Crippen LogP contribution is 2.18. The van der Waals surface area contributed by atoms with E-state index in [1.807, 2.05) is 4.90 Å². The normalized spacial score (nSPS) is 12.4. The van der Waals surface area contributed by atoms with E-state index in [4.69, 9.17) is 19.7 Å². The van der Waals surface area contributed by atoms with Gasteiger partial charge in [-0.2, -0.15) is 0 Å². The number of nitrogens with zero attached hydrogens (tertiary/aromatic N) is 2. The van der Waals surface area contributed by atoms with Crippen LogP contribution in [-0.4, -0.2) is 121 Å². The van der Waals surface area contributed by atoms with Gasteiger partial charge in [0.2, 0.25) is 0 Å². The molecule has 44 heavy (non-hydrogen) atoms. The molecular weight excluding hydrogens is 564 g/mol. The first-order valence-electron chi connectivity index (χ1n) is 17.4. The standard InChI is InChI=1S/C34H66N2O8/c1-2-3-4-5-6-7-8-9-10-11-12-13-14-15-16-17-18-32(34(42)44-30-24-36(21-27-39)22-28-40)31-33(41)43-29-23-35(19-25-37)20-26-38/h9-10,32,37-40H,2-8,11-31H2,1H3/b10-9+. The first kappa shape index (κ1) is 42.4. The fourth-order valence-electron chi connectivity index (χ4n) is 5.12. The molecule has 0 aromatic carbocycles. The summed E-state index contributed by atoms with van der Waals surface area (Å²) >= 11 is 0. The van der Waals surface area contributed by atoms with Gasteiger partial charge < -0.3 is 29.9 Å². The van der Waals surface area contributed by atoms with E-state index < -0.39 is 17.9 Å². The Hall–Kier alpha value is -1.56. The molecule has 0 spiro atoms. The van der Waals surface area contributed by atoms with Crippen LogP contribution in [0.15, 0.2) is 12.2 Å². The van der Waals surface area contributed by atoms with Crippen molar-refractivity contribution < 1.29 is 39.5 Å². The average Bonchev–Trinajstić information content (AvgIpc) is 3.00. The van der Waals surface area contributed by atoms with Crippen LogP contribution < -0.4 is 0 Å². The van der Waals surface area contributed by atoms with Crippen molar-refractivity contribution in [3.05, 3.63) is 12.2 Å². The van der Waals surface area contributed by atoms with Crippen molar-refractivity contribution in [1.29, 1.82) is 0 Å². The predicted octanol–water partition coefficient (Wildman–Crippen LogP) is 4.08. The minimum atomic E-state index is -0.589. The zero-order valence-electron chi connectivity index (χ0n) is 27.8. The van der Waals surface area contributed by atoms with Crippen LogP contribution in [-0.2, 0) is 19.1 Å². The molecule has 0 rings (SSSR count). The zero-order chi connectivity index (χ0) is 32.5. The third-order valence-electron chi connectivity index (χ3n) is 7.80. The number of ether oxygens (including phenoxy) is 2. The number of rotatable bonds is 33. The molecule has 10 nitrogen and oxygen atoms in total. The van der Waals surface area contributed by atoms with Crippen molar-refractivity contribution in [3.8, 4) is 0 Å². The molecule has 0 fully saturated rings. The number of esters is 2. The fraction of sp³-hybridized carbons (Fsp3) is 0.882. The second-order valence-electron chi connectivity index (χ2n) is 11.6. The minimum Gasteiger partial charge on any atom is -0.464 e. The molecule has 0 radical (unpaired) electrons. The Labute approximate surface area is 267 Å². The Kier molecular flexibility index (Phi) is 31.7. The number of hydrogen-bond donors (Lipinski definition) is 4. The Bertz CT molecular complexity index is 668. The van der Waals surface area contributed by atoms with E-state index in [0.717, 1.165) is 32.1 Å². The van der Waals surface area contributed by atoms with Gasteiger partial charge in [0.25, 0.3) is 0 Å². The topological polar surface area (TPSA) is 140 Å². The molecule has 0 aliphatic heterocycles. The Balaban J connectivity index is 4.45. The minimum absolute atomic E-state index is 0.0492. The Morgan fingerprint density at radius 2 is 1.02 bits per heavy atom. The second kappa shape index (κ2) is 32.8. The maximum Gasteiger partial charge on any atom is 0.309 e. The van der Waals surface area contributed by atoms with Crippen LogP contribution in [0.4, 0.5) is 0 Å². The van der Waals surface area contributed by atoms with Crippen LogP contribution >= 0.6 is 0 Å². The molecule has 0 aromatic rings. The molecule has 0 aromatic heterocycles. The Morgan fingerprint density at radius 1 is 0.591 bits per heavy atom. The quantitative estimate of drug-likeness (QED) is 0.0476. The molecule has 0 bridgehead atoms. The third-order valence-corrected chi connectivity index (χ3v) is 7.80. The molecule has 260 valence electrons. The Morgan fingerprint density at radius 3 is 1.50 bits per heavy atom. The molecule has 0 amide bonds. The number of allylic oxidation sites excluding steroid dienone is 2. The van der Waals surface area contributed by atoms with Gasteiger partial charge in [-0.15, -0.1) is 0 Å². The molecule has 0 saturated carbocycles. The second-order valence-corrected chi connectivity index (χ2v) is 11.6. The molecular formula is C34H66N2O8. The summed E-state index contributed by atoms with van der Waals surface area (Å²) in [5.41, 5.74) is 0. The molecule has 0 aliphatic carbocycles. The summed E-state index contributed by atoms with van der Waals surface area (Å²) in [5.74, 6) is -1.48. The molecule has 0 saturated heterocycles. The van der Waals surface area contributed by atoms with Crippen molar-refractivity contribution >= 4 is 11.9 Å². The lowest BCUT2D eigenvalue weighted by atomic mass is 9.97. The van der Waals surface area contributed by atoms with Crippen LogP contribution in [0, 0.1) is 5.92 Å². The first-order chi connectivity index (χ1) is 21.5. The SMILES string of the molecule is CCCCCCCC/C=C/CCCCCCCCC(CC(=O)OCCN(CCO)CCO)C(=O)OCCN(CCO)CCO. The van der Waals surface area contributed by atoms with Gasteiger partial charge in [0.05, 0.1) is 38.8 Å². The summed E-state index contributed by atoms with van der Waals surface area (Å²) in [6, 6.07) is 0. The van der Waals surface area contributed by atoms with Crippen LogP contribution in [0.1, 0.15) is 110 Å². The van der Waals surface area contributed by atoms with E-state index in [1.54, 1.807) is 4.90 Å². The van der Waals surface area contributed by atoms with Crippen molar-refractivity contribution in [2.75, 3.05) is 78.9 Å². The largest absolute Gasteiger partial charge is 0.464 e. The summed E-state index contributed by atoms with van der Waals surface area (Å²) in [5, 5.41) is 36.6. The summed E-state index contributed by atoms with van der Waals surface area (Å²) in [6.07, 6.45) is 22.0. The molecule has 0 heterocycles. The summed E-state index contributed by atoms with van der Waals surface area (Å²) in [6.45, 7) is 4.60. The van der Waals surface area contributed by atoms with Crippen molar-refractivity contribution in [2.45, 2.75) is 110 Å². The predicted molar refractivity (Wildman–Crippen MR) is 175 cm³/mol. The van der Waals surface area contributed by atoms with Gasteiger partial charge in [0.1, 0.15) is 13.2 Å². The van der Waals surface area contributed by atoms with E-state index in [0.29, 0.717) is 45.7 Å². The van der Waals surface area contributed by atoms with Crippen LogP contribution in [0.25, 0.3) is 0 Å². The molecule has 10 heteroatoms. The van der Waals surface area contributed by atoms with Gasteiger partial charge >= 0.3 is 11.9 Å². The van der Waals surface area contributed by atoms with Crippen LogP contribution in [0.2, 0.25) is 0 Å². The van der Waals surface area contributed by atoms with Crippen LogP contribution in [0.3, 0.4) is 0 Å². The van der Waals surface area contributed by atoms with Gasteiger partial charge in [0, 0.05) is 39.3 Å². The van der Waals surface area contributed by atoms with Crippen LogP contribution in [0.5, 0.6) is 0 Å². The van der Waals surface area contributed by atoms with E-state index in [2.05, 4.69) is 19.1 Å². The number of aliphatic hydroxyl groups excluding tert-OH is 4. The van der Waals surface area contributed by atoms with E-state index in [9.17, 15) is 19.8 Å². The lowest BCUT2D eigenvalue weighted by molar-refractivity contribution is -0.156. The van der Waals surface area contributed by atoms with Gasteiger partial charge in [-0.25, -0.2) is 0 Å². The lowest BCUT2D eigenvalue weighted by Gasteiger charge is -2.21. The van der Waals surface area contributed by atoms with Gasteiger partial charge in [-0.3, -0.25) is 19.4 Å². The van der Waals surface area contributed by atoms with Crippen molar-refractivity contribution in [2.24, 2.45) is 5.92 Å². The third kappa shape index (κ3) is 26.8. The highest BCUT2D eigenvalue weighted by Gasteiger charge is 2.24. The molecule has 0 aliphatic rings. The van der Waals surface area contributed by atoms with E-state index >= 15 is 0 Å². The number of carbonyl (C=O) groups is 2. The van der Waals surface area contributed by atoms with Gasteiger partial charge in [0.15, 0.2) is 0 Å². The number of hydrogen-bond acceptors (Lipinski definition) is 10. The number of carbonyl (C=O) groups excluding carboxylic acids is 2. The highest BCUT2D eigenvalue weighted by atomic mass is 16.5. The molecule has 1 unspecified atom stereocenters. The summed E-state index contributed by atoms with van der Waals surface area (Å²) in [7, 11) is 0. The molecule has 4 N–H and O–H groups in total. The maximum absolute atomic E-state index is 12.9. The highest BCUT2D eigenvalue weighted by molar-refractivity contribution is 5.79. The molecule has 1 atom stereocenters. The van der Waals surface area contributed by atoms with Gasteiger partial charge in [-0.05, 0) is 32.1 Å². The van der Waals surface area contributed by atoms with Crippen molar-refractivity contribution in [3.63, 3.8) is 0 Å². The van der Waals surface area contributed by atoms with Gasteiger partial charge in [-0.1, -0.05) is 83.3 Å². The lowest BCUT2D eigenvalue weighted by Crippen LogP contribution is -2.34. The summed E-state index contributed by atoms with van der Waals surface area (Å²) < 4.78 is 10.9. The number of aliphatic hydroxyl groups is 4. The average molecular weight is 631 g/mol. The fourth-order valence-corrected chi connectivity index (χ4v) is 5.12. The monoisotopic (exact) mass is 630 g/mol. The first-order valence-corrected chi connectivity index (χ1v) is 17.4. The van der Waals surface area contributed by atoms with E-state index in [1.165, 1.54) is 57.8 Å². The van der Waals surface area contributed by atoms with Crippen molar-refractivity contribution in [1.82, 2.24) is 9.80 Å². The number of unbranched alkanes of at least 4 members (excludes halogenated alkanes) is 12. The van der Waals surface area contributed by atoms with E-state index in [-0.39, 0.29) is 46.1 Å².